The molecule has 9 nitrogen and oxygen atoms in total. The Labute approximate surface area is 241 Å². The van der Waals surface area contributed by atoms with Gasteiger partial charge in [-0.25, -0.2) is 4.79 Å². The Bertz CT molecular complexity index is 1370. The Kier molecular flexibility index (Phi) is 8.54. The fourth-order valence-electron chi connectivity index (χ4n) is 5.75. The summed E-state index contributed by atoms with van der Waals surface area (Å²) < 4.78 is 0. The third-order valence-electron chi connectivity index (χ3n) is 7.67. The lowest BCUT2D eigenvalue weighted by molar-refractivity contribution is -0.158. The largest absolute Gasteiger partial charge is 0.377 e. The number of fused-ring (bicyclic) bond motifs is 1. The fourth-order valence-corrected chi connectivity index (χ4v) is 5.75. The van der Waals surface area contributed by atoms with E-state index in [2.05, 4.69) is 5.32 Å². The van der Waals surface area contributed by atoms with Crippen molar-refractivity contribution in [2.75, 3.05) is 38.6 Å². The van der Waals surface area contributed by atoms with Crippen LogP contribution in [0, 0.1) is 0 Å². The normalized spacial score (nSPS) is 18.8. The van der Waals surface area contributed by atoms with Gasteiger partial charge in [0.2, 0.25) is 5.91 Å². The number of carbonyl (C=O) groups is 3. The molecule has 3 aromatic rings. The van der Waals surface area contributed by atoms with E-state index in [1.54, 1.807) is 9.91 Å². The molecule has 0 spiro atoms. The lowest BCUT2D eigenvalue weighted by Crippen LogP contribution is -2.62. The molecule has 2 aliphatic rings. The first-order valence-corrected chi connectivity index (χ1v) is 14.1. The van der Waals surface area contributed by atoms with Gasteiger partial charge >= 0.3 is 6.03 Å². The molecule has 214 valence electrons. The summed E-state index contributed by atoms with van der Waals surface area (Å²) in [4.78, 5) is 46.8. The number of nitrogens with one attached hydrogen (secondary N) is 1. The van der Waals surface area contributed by atoms with Crippen molar-refractivity contribution in [2.45, 2.75) is 38.6 Å². The van der Waals surface area contributed by atoms with E-state index >= 15 is 0 Å². The smallest absolute Gasteiger partial charge is 0.332 e. The quantitative estimate of drug-likeness (QED) is 0.435. The number of para-hydroxylation sites is 1. The van der Waals surface area contributed by atoms with Gasteiger partial charge in [0.15, 0.2) is 0 Å². The third-order valence-corrected chi connectivity index (χ3v) is 7.67. The van der Waals surface area contributed by atoms with Crippen molar-refractivity contribution in [2.24, 2.45) is 0 Å². The summed E-state index contributed by atoms with van der Waals surface area (Å²) in [5.74, 6) is -0.283. The van der Waals surface area contributed by atoms with Gasteiger partial charge in [-0.2, -0.15) is 5.01 Å². The van der Waals surface area contributed by atoms with Crippen LogP contribution in [0.1, 0.15) is 36.1 Å². The second-order valence-corrected chi connectivity index (χ2v) is 10.7. The zero-order chi connectivity index (χ0) is 28.9. The van der Waals surface area contributed by atoms with Gasteiger partial charge in [0.25, 0.3) is 5.91 Å². The highest BCUT2D eigenvalue weighted by Gasteiger charge is 2.52. The van der Waals surface area contributed by atoms with Gasteiger partial charge in [0.05, 0.1) is 13.1 Å². The van der Waals surface area contributed by atoms with Gasteiger partial charge in [0.1, 0.15) is 12.2 Å². The molecule has 0 saturated carbocycles. The number of rotatable bonds is 9. The molecule has 1 N–H and O–H groups in total. The molecule has 3 aromatic carbocycles. The van der Waals surface area contributed by atoms with Crippen LogP contribution in [-0.4, -0.2) is 77.6 Å². The molecule has 2 saturated heterocycles. The summed E-state index contributed by atoms with van der Waals surface area (Å²) >= 11 is 0. The second kappa shape index (κ2) is 12.4. The Morgan fingerprint density at radius 3 is 2.27 bits per heavy atom. The van der Waals surface area contributed by atoms with Crippen LogP contribution in [0.3, 0.4) is 0 Å². The zero-order valence-electron chi connectivity index (χ0n) is 23.9. The lowest BCUT2D eigenvalue weighted by atomic mass is 10.00. The summed E-state index contributed by atoms with van der Waals surface area (Å²) in [6, 6.07) is 26.2. The maximum absolute atomic E-state index is 14.1. The average Bonchev–Trinajstić information content (AvgIpc) is 3.31. The van der Waals surface area contributed by atoms with E-state index in [0.29, 0.717) is 26.2 Å². The summed E-state index contributed by atoms with van der Waals surface area (Å²) in [7, 11) is 3.97. The summed E-state index contributed by atoms with van der Waals surface area (Å²) in [5.41, 5.74) is 3.81. The number of benzene rings is 3. The summed E-state index contributed by atoms with van der Waals surface area (Å²) in [5, 5.41) is 6.52. The molecule has 5 rings (SSSR count). The van der Waals surface area contributed by atoms with Crippen LogP contribution in [0.15, 0.2) is 84.9 Å². The van der Waals surface area contributed by atoms with E-state index in [4.69, 9.17) is 0 Å². The van der Waals surface area contributed by atoms with E-state index < -0.39 is 12.2 Å². The number of amides is 4. The van der Waals surface area contributed by atoms with E-state index in [1.807, 2.05) is 121 Å². The maximum Gasteiger partial charge on any atom is 0.332 e. The number of urea groups is 1. The molecular weight excluding hydrogens is 516 g/mol. The van der Waals surface area contributed by atoms with E-state index in [1.165, 1.54) is 0 Å². The molecule has 2 heterocycles. The molecule has 0 aliphatic carbocycles. The average molecular weight is 555 g/mol. The van der Waals surface area contributed by atoms with Gasteiger partial charge in [-0.15, -0.1) is 0 Å². The van der Waals surface area contributed by atoms with Crippen LogP contribution < -0.4 is 10.2 Å². The first kappa shape index (κ1) is 28.2. The third kappa shape index (κ3) is 5.90. The Morgan fingerprint density at radius 2 is 1.59 bits per heavy atom. The van der Waals surface area contributed by atoms with E-state index in [0.717, 1.165) is 28.8 Å². The summed E-state index contributed by atoms with van der Waals surface area (Å²) in [6.07, 6.45) is 0.239. The highest BCUT2D eigenvalue weighted by molar-refractivity contribution is 5.92. The second-order valence-electron chi connectivity index (χ2n) is 10.7. The van der Waals surface area contributed by atoms with Gasteiger partial charge in [-0.1, -0.05) is 85.8 Å². The van der Waals surface area contributed by atoms with Crippen molar-refractivity contribution in [3.63, 3.8) is 0 Å². The minimum absolute atomic E-state index is 0.0299. The van der Waals surface area contributed by atoms with Crippen molar-refractivity contribution in [3.8, 4) is 0 Å². The fraction of sp³-hybridized carbons (Fsp3) is 0.344. The minimum Gasteiger partial charge on any atom is -0.377 e. The van der Waals surface area contributed by atoms with Gasteiger partial charge in [0, 0.05) is 39.4 Å². The molecular formula is C32H38N6O3. The monoisotopic (exact) mass is 554 g/mol. The van der Waals surface area contributed by atoms with Crippen LogP contribution >= 0.6 is 0 Å². The SMILES string of the molecule is CCCN(C(=O)NCc1ccccc1)N1CC(=O)N2[C@@H](c3ccccc3)C(=O)N(Cc3ccccc3N(C)C)C[C@@H]21. The van der Waals surface area contributed by atoms with Crippen molar-refractivity contribution in [1.82, 2.24) is 25.1 Å². The Hall–Kier alpha value is -4.37. The standard InChI is InChI=1S/C32H38N6O3/c1-4-19-36(32(41)33-20-24-13-7-5-8-14-24)37-23-29(39)38-28(37)22-35(21-26-17-11-12-18-27(26)34(2)3)31(40)30(38)25-15-9-6-10-16-25/h5-18,28,30H,4,19-23H2,1-3H3,(H,33,41)/t28-,30+/m1/s1. The maximum atomic E-state index is 14.1. The van der Waals surface area contributed by atoms with E-state index in [9.17, 15) is 14.4 Å². The van der Waals surface area contributed by atoms with Crippen molar-refractivity contribution in [1.29, 1.82) is 0 Å². The number of anilines is 1. The number of hydrogen-bond acceptors (Lipinski definition) is 5. The van der Waals surface area contributed by atoms with Crippen molar-refractivity contribution in [3.05, 3.63) is 102 Å². The predicted octanol–water partition coefficient (Wildman–Crippen LogP) is 3.84. The van der Waals surface area contributed by atoms with Gasteiger partial charge < -0.3 is 20.0 Å². The van der Waals surface area contributed by atoms with Crippen molar-refractivity contribution >= 4 is 23.5 Å². The molecule has 0 radical (unpaired) electrons. The first-order valence-electron chi connectivity index (χ1n) is 14.1. The molecule has 2 aliphatic heterocycles. The zero-order valence-corrected chi connectivity index (χ0v) is 23.9. The van der Waals surface area contributed by atoms with Gasteiger partial charge in [-0.05, 0) is 29.2 Å². The van der Waals surface area contributed by atoms with Crippen LogP contribution in [-0.2, 0) is 22.7 Å². The van der Waals surface area contributed by atoms with Crippen LogP contribution in [0.5, 0.6) is 0 Å². The van der Waals surface area contributed by atoms with Crippen LogP contribution in [0.2, 0.25) is 0 Å². The molecule has 0 bridgehead atoms. The lowest BCUT2D eigenvalue weighted by Gasteiger charge is -2.46. The number of carbonyl (C=O) groups excluding carboxylic acids is 3. The molecule has 0 unspecified atom stereocenters. The Balaban J connectivity index is 1.47. The molecule has 2 atom stereocenters. The molecule has 0 aromatic heterocycles. The minimum atomic E-state index is -0.769. The molecule has 9 heteroatoms. The predicted molar refractivity (Wildman–Crippen MR) is 158 cm³/mol. The van der Waals surface area contributed by atoms with E-state index in [-0.39, 0.29) is 24.4 Å². The van der Waals surface area contributed by atoms with Crippen LogP contribution in [0.4, 0.5) is 10.5 Å². The van der Waals surface area contributed by atoms with Crippen molar-refractivity contribution < 1.29 is 14.4 Å². The Morgan fingerprint density at radius 1 is 0.927 bits per heavy atom. The highest BCUT2D eigenvalue weighted by atomic mass is 16.2. The molecule has 41 heavy (non-hydrogen) atoms. The number of piperazine rings is 1. The summed E-state index contributed by atoms with van der Waals surface area (Å²) in [6.45, 7) is 3.57. The molecule has 2 fully saturated rings. The number of hydrazine groups is 1. The van der Waals surface area contributed by atoms with Gasteiger partial charge in [-0.3, -0.25) is 14.6 Å². The first-order chi connectivity index (χ1) is 19.9. The topological polar surface area (TPSA) is 79.4 Å². The van der Waals surface area contributed by atoms with Crippen LogP contribution in [0.25, 0.3) is 0 Å². The highest BCUT2D eigenvalue weighted by Crippen LogP contribution is 2.37. The number of nitrogens with zero attached hydrogens (tertiary/aromatic N) is 5. The number of hydrogen-bond donors (Lipinski definition) is 1. The molecule has 4 amide bonds.